The highest BCUT2D eigenvalue weighted by atomic mass is 35.5. The van der Waals surface area contributed by atoms with Gasteiger partial charge in [-0.3, -0.25) is 10.1 Å². The average molecular weight is 268 g/mol. The summed E-state index contributed by atoms with van der Waals surface area (Å²) >= 11 is 6.08. The predicted octanol–water partition coefficient (Wildman–Crippen LogP) is 2.13. The molecule has 2 aromatic heterocycles. The number of anilines is 1. The van der Waals surface area contributed by atoms with Gasteiger partial charge >= 0.3 is 0 Å². The van der Waals surface area contributed by atoms with E-state index < -0.39 is 0 Å². The molecule has 0 aromatic carbocycles. The Kier molecular flexibility index (Phi) is 3.47. The Morgan fingerprint density at radius 1 is 1.39 bits per heavy atom. The van der Waals surface area contributed by atoms with Gasteiger partial charge in [0.05, 0.1) is 16.4 Å². The van der Waals surface area contributed by atoms with Crippen LogP contribution in [-0.4, -0.2) is 25.5 Å². The molecule has 18 heavy (non-hydrogen) atoms. The first-order chi connectivity index (χ1) is 8.52. The average Bonchev–Trinajstić information content (AvgIpc) is 2.69. The van der Waals surface area contributed by atoms with E-state index >= 15 is 0 Å². The molecule has 1 amide bonds. The lowest BCUT2D eigenvalue weighted by atomic mass is 10.3. The van der Waals surface area contributed by atoms with Crippen molar-refractivity contribution in [3.63, 3.8) is 0 Å². The van der Waals surface area contributed by atoms with Crippen LogP contribution in [0.15, 0.2) is 0 Å². The molecule has 0 aliphatic heterocycles. The van der Waals surface area contributed by atoms with Crippen LogP contribution in [0.5, 0.6) is 0 Å². The summed E-state index contributed by atoms with van der Waals surface area (Å²) in [7, 11) is 0. The van der Waals surface area contributed by atoms with Crippen molar-refractivity contribution in [3.8, 4) is 0 Å². The Balaban J connectivity index is 2.39. The van der Waals surface area contributed by atoms with E-state index in [1.54, 1.807) is 6.92 Å². The molecule has 0 aliphatic carbocycles. The number of amides is 1. The van der Waals surface area contributed by atoms with E-state index in [2.05, 4.69) is 20.4 Å². The number of aromatic nitrogens is 4. The number of fused-ring (bicyclic) bond motifs is 1. The van der Waals surface area contributed by atoms with Crippen molar-refractivity contribution in [2.24, 2.45) is 0 Å². The standard InChI is InChI=1S/C11H14ClN5O/c1-4-5-8(18)14-10-15-11-13-6(2)9(12)7(3)17(11)16-10/h4-5H2,1-3H3,(H,14,16,18). The second-order valence-electron chi connectivity index (χ2n) is 4.04. The van der Waals surface area contributed by atoms with E-state index in [0.29, 0.717) is 22.9 Å². The maximum absolute atomic E-state index is 11.5. The molecule has 0 unspecified atom stereocenters. The van der Waals surface area contributed by atoms with Crippen molar-refractivity contribution < 1.29 is 4.79 Å². The van der Waals surface area contributed by atoms with Crippen molar-refractivity contribution in [1.82, 2.24) is 19.6 Å². The summed E-state index contributed by atoms with van der Waals surface area (Å²) in [5.74, 6) is 0.584. The number of carbonyl (C=O) groups excluding carboxylic acids is 1. The van der Waals surface area contributed by atoms with Gasteiger partial charge in [-0.2, -0.15) is 9.50 Å². The molecule has 0 saturated heterocycles. The maximum atomic E-state index is 11.5. The van der Waals surface area contributed by atoms with Gasteiger partial charge in [0.25, 0.3) is 11.7 Å². The lowest BCUT2D eigenvalue weighted by Gasteiger charge is -2.02. The molecule has 2 aromatic rings. The number of halogens is 1. The molecule has 0 atom stereocenters. The fourth-order valence-corrected chi connectivity index (χ4v) is 1.74. The first-order valence-electron chi connectivity index (χ1n) is 5.72. The molecule has 1 N–H and O–H groups in total. The van der Waals surface area contributed by atoms with Gasteiger partial charge in [-0.25, -0.2) is 4.98 Å². The zero-order valence-corrected chi connectivity index (χ0v) is 11.2. The highest BCUT2D eigenvalue weighted by Crippen LogP contribution is 2.19. The molecule has 2 heterocycles. The van der Waals surface area contributed by atoms with Gasteiger partial charge in [-0.05, 0) is 20.3 Å². The molecule has 0 radical (unpaired) electrons. The van der Waals surface area contributed by atoms with E-state index in [1.165, 1.54) is 4.52 Å². The van der Waals surface area contributed by atoms with Crippen LogP contribution in [0.4, 0.5) is 5.95 Å². The first kappa shape index (κ1) is 12.8. The third-order valence-corrected chi connectivity index (χ3v) is 3.09. The largest absolute Gasteiger partial charge is 0.293 e. The number of rotatable bonds is 3. The van der Waals surface area contributed by atoms with Crippen LogP contribution < -0.4 is 5.32 Å². The molecule has 0 saturated carbocycles. The molecule has 2 rings (SSSR count). The summed E-state index contributed by atoms with van der Waals surface area (Å²) in [6.45, 7) is 5.57. The Morgan fingerprint density at radius 2 is 2.11 bits per heavy atom. The monoisotopic (exact) mass is 267 g/mol. The van der Waals surface area contributed by atoms with E-state index in [4.69, 9.17) is 11.6 Å². The summed E-state index contributed by atoms with van der Waals surface area (Å²) in [6, 6.07) is 0. The number of nitrogens with zero attached hydrogens (tertiary/aromatic N) is 4. The SMILES string of the molecule is CCCC(=O)Nc1nc2nc(C)c(Cl)c(C)n2n1. The highest BCUT2D eigenvalue weighted by molar-refractivity contribution is 6.31. The van der Waals surface area contributed by atoms with Gasteiger partial charge in [0.1, 0.15) is 0 Å². The number of aryl methyl sites for hydroxylation is 2. The van der Waals surface area contributed by atoms with Gasteiger partial charge in [-0.15, -0.1) is 5.10 Å². The maximum Gasteiger partial charge on any atom is 0.254 e. The van der Waals surface area contributed by atoms with E-state index in [9.17, 15) is 4.79 Å². The van der Waals surface area contributed by atoms with Crippen LogP contribution >= 0.6 is 11.6 Å². The van der Waals surface area contributed by atoms with Crippen molar-refractivity contribution in [2.45, 2.75) is 33.6 Å². The number of carbonyl (C=O) groups is 1. The Hall–Kier alpha value is -1.69. The minimum Gasteiger partial charge on any atom is -0.293 e. The predicted molar refractivity (Wildman–Crippen MR) is 68.8 cm³/mol. The van der Waals surface area contributed by atoms with Crippen molar-refractivity contribution in [1.29, 1.82) is 0 Å². The number of nitrogens with one attached hydrogen (secondary N) is 1. The Bertz CT molecular complexity index is 607. The lowest BCUT2D eigenvalue weighted by molar-refractivity contribution is -0.116. The van der Waals surface area contributed by atoms with Gasteiger partial charge in [-0.1, -0.05) is 18.5 Å². The molecule has 0 spiro atoms. The molecule has 0 aliphatic rings. The number of hydrogen-bond acceptors (Lipinski definition) is 4. The summed E-state index contributed by atoms with van der Waals surface area (Å²) in [5, 5.41) is 7.35. The second kappa shape index (κ2) is 4.89. The van der Waals surface area contributed by atoms with Crippen molar-refractivity contribution in [3.05, 3.63) is 16.4 Å². The van der Waals surface area contributed by atoms with E-state index in [-0.39, 0.29) is 11.9 Å². The summed E-state index contributed by atoms with van der Waals surface area (Å²) in [4.78, 5) is 19.8. The molecular formula is C11H14ClN5O. The minimum atomic E-state index is -0.103. The van der Waals surface area contributed by atoms with Crippen LogP contribution in [0.2, 0.25) is 5.02 Å². The van der Waals surface area contributed by atoms with Crippen LogP contribution in [0.25, 0.3) is 5.78 Å². The Labute approximate surface area is 109 Å². The smallest absolute Gasteiger partial charge is 0.254 e. The fraction of sp³-hybridized carbons (Fsp3) is 0.455. The summed E-state index contributed by atoms with van der Waals surface area (Å²) in [5.41, 5.74) is 1.45. The molecule has 0 bridgehead atoms. The first-order valence-corrected chi connectivity index (χ1v) is 6.10. The van der Waals surface area contributed by atoms with Gasteiger partial charge in [0, 0.05) is 6.42 Å². The summed E-state index contributed by atoms with van der Waals surface area (Å²) < 4.78 is 1.52. The Morgan fingerprint density at radius 3 is 2.78 bits per heavy atom. The lowest BCUT2D eigenvalue weighted by Crippen LogP contribution is -2.11. The third-order valence-electron chi connectivity index (χ3n) is 2.54. The molecule has 6 nitrogen and oxygen atoms in total. The second-order valence-corrected chi connectivity index (χ2v) is 4.42. The minimum absolute atomic E-state index is 0.103. The van der Waals surface area contributed by atoms with Gasteiger partial charge in [0.15, 0.2) is 0 Å². The van der Waals surface area contributed by atoms with Crippen LogP contribution in [0.3, 0.4) is 0 Å². The molecule has 7 heteroatoms. The summed E-state index contributed by atoms with van der Waals surface area (Å²) in [6.07, 6.45) is 1.23. The quantitative estimate of drug-likeness (QED) is 0.925. The van der Waals surface area contributed by atoms with Gasteiger partial charge < -0.3 is 0 Å². The number of hydrogen-bond donors (Lipinski definition) is 1. The van der Waals surface area contributed by atoms with Crippen LogP contribution in [0.1, 0.15) is 31.2 Å². The third kappa shape index (κ3) is 2.28. The topological polar surface area (TPSA) is 72.2 Å². The fourth-order valence-electron chi connectivity index (χ4n) is 1.62. The van der Waals surface area contributed by atoms with E-state index in [0.717, 1.165) is 12.1 Å². The van der Waals surface area contributed by atoms with Gasteiger partial charge in [0.2, 0.25) is 5.91 Å². The van der Waals surface area contributed by atoms with Crippen LogP contribution in [-0.2, 0) is 4.79 Å². The molecular weight excluding hydrogens is 254 g/mol. The highest BCUT2D eigenvalue weighted by Gasteiger charge is 2.13. The van der Waals surface area contributed by atoms with Crippen molar-refractivity contribution >= 4 is 29.2 Å². The zero-order chi connectivity index (χ0) is 13.3. The van der Waals surface area contributed by atoms with E-state index in [1.807, 2.05) is 13.8 Å². The van der Waals surface area contributed by atoms with Crippen molar-refractivity contribution in [2.75, 3.05) is 5.32 Å². The molecule has 96 valence electrons. The van der Waals surface area contributed by atoms with Crippen LogP contribution in [0, 0.1) is 13.8 Å². The normalized spacial score (nSPS) is 10.9. The zero-order valence-electron chi connectivity index (χ0n) is 10.5. The molecule has 0 fully saturated rings.